The molecular weight excluding hydrogens is 872 g/mol. The van der Waals surface area contributed by atoms with Crippen LogP contribution < -0.4 is 11.4 Å². The van der Waals surface area contributed by atoms with Crippen LogP contribution in [0, 0.1) is 11.8 Å². The number of hydrogen-bond donors (Lipinski definition) is 5. The lowest BCUT2D eigenvalue weighted by Gasteiger charge is -2.21. The van der Waals surface area contributed by atoms with E-state index < -0.39 is 83.7 Å². The summed E-state index contributed by atoms with van der Waals surface area (Å²) in [7, 11) is -10.8. The molecule has 0 spiro atoms. The highest BCUT2D eigenvalue weighted by atomic mass is 31.3. The highest BCUT2D eigenvalue weighted by Crippen LogP contribution is 2.60. The largest absolute Gasteiger partial charge is 0.481 e. The first-order valence-corrected chi connectivity index (χ1v) is 26.8. The van der Waals surface area contributed by atoms with Crippen molar-refractivity contribution in [3.05, 3.63) is 22.7 Å². The molecule has 1 aliphatic rings. The van der Waals surface area contributed by atoms with Crippen LogP contribution in [0.4, 0.5) is 5.82 Å². The van der Waals surface area contributed by atoms with E-state index in [1.807, 2.05) is 0 Å². The van der Waals surface area contributed by atoms with E-state index in [-0.39, 0.29) is 18.7 Å². The van der Waals surface area contributed by atoms with Gasteiger partial charge in [-0.05, 0) is 30.7 Å². The van der Waals surface area contributed by atoms with Crippen molar-refractivity contribution < 1.29 is 66.3 Å². The number of phosphoric ester groups is 2. The van der Waals surface area contributed by atoms with Gasteiger partial charge in [0.15, 0.2) is 12.3 Å². The van der Waals surface area contributed by atoms with Gasteiger partial charge in [-0.1, -0.05) is 156 Å². The molecule has 2 rings (SSSR count). The molecule has 0 aliphatic carbocycles. The summed E-state index contributed by atoms with van der Waals surface area (Å²) in [6.45, 7) is 6.69. The third-order valence-electron chi connectivity index (χ3n) is 11.0. The van der Waals surface area contributed by atoms with Crippen molar-refractivity contribution in [2.75, 3.05) is 25.6 Å². The number of aliphatic hydroxyl groups excluding tert-OH is 2. The lowest BCUT2D eigenvalue weighted by atomic mass is 10.0. The molecule has 2 heterocycles. The average molecular weight is 954 g/mol. The van der Waals surface area contributed by atoms with Crippen molar-refractivity contribution in [1.82, 2.24) is 9.55 Å². The van der Waals surface area contributed by atoms with Gasteiger partial charge in [-0.15, -0.1) is 0 Å². The van der Waals surface area contributed by atoms with Crippen molar-refractivity contribution in [1.29, 1.82) is 0 Å². The summed E-state index contributed by atoms with van der Waals surface area (Å²) in [4.78, 5) is 61.7. The first-order valence-electron chi connectivity index (χ1n) is 23.8. The Morgan fingerprint density at radius 3 is 1.64 bits per heavy atom. The molecule has 1 aliphatic heterocycles. The van der Waals surface area contributed by atoms with Gasteiger partial charge in [0.25, 0.3) is 0 Å². The van der Waals surface area contributed by atoms with E-state index in [1.54, 1.807) is 0 Å². The molecule has 6 N–H and O–H groups in total. The zero-order valence-corrected chi connectivity index (χ0v) is 40.7. The van der Waals surface area contributed by atoms with E-state index in [0.717, 1.165) is 61.9 Å². The predicted octanol–water partition coefficient (Wildman–Crippen LogP) is 8.82. The fourth-order valence-electron chi connectivity index (χ4n) is 7.33. The van der Waals surface area contributed by atoms with Gasteiger partial charge in [-0.2, -0.15) is 9.29 Å². The second-order valence-corrected chi connectivity index (χ2v) is 21.0. The Morgan fingerprint density at radius 1 is 0.703 bits per heavy atom. The van der Waals surface area contributed by atoms with Gasteiger partial charge in [0.1, 0.15) is 30.7 Å². The number of aliphatic hydroxyl groups is 2. The molecule has 0 bridgehead atoms. The van der Waals surface area contributed by atoms with Gasteiger partial charge in [-0.3, -0.25) is 23.2 Å². The normalized spacial score (nSPS) is 20.0. The molecule has 20 heteroatoms. The molecule has 0 saturated carbocycles. The summed E-state index contributed by atoms with van der Waals surface area (Å²) >= 11 is 0. The Bertz CT molecular complexity index is 1600. The van der Waals surface area contributed by atoms with Gasteiger partial charge in [-0.25, -0.2) is 13.9 Å². The minimum atomic E-state index is -5.41. The standard InChI is InChI=1S/C44H81N3O15P2/c1-34(2)25-21-17-13-10-8-6-5-7-9-11-15-19-23-27-39(48)57-31-36(60-40(49)28-24-20-16-12-14-18-22-26-35(3)4)32-58-63(53,54)62-64(55,56)59-33-37-41(50)42(51)43(61-37)47-30-29-38(45)46-44(47)52/h29-30,34-37,41-43,50-51H,5-28,31-33H2,1-4H3,(H,53,54)(H,55,56)(H2,45,46,52)/t36-,37-,41+,42?,43-/m1/s1. The van der Waals surface area contributed by atoms with Crippen LogP contribution in [-0.2, 0) is 46.3 Å². The smallest absolute Gasteiger partial charge is 0.462 e. The number of hydrogen-bond acceptors (Lipinski definition) is 15. The van der Waals surface area contributed by atoms with E-state index in [0.29, 0.717) is 18.8 Å². The number of nitrogens with two attached hydrogens (primary N) is 1. The quantitative estimate of drug-likeness (QED) is 0.0235. The average Bonchev–Trinajstić information content (AvgIpc) is 3.50. The zero-order chi connectivity index (χ0) is 47.4. The molecular formula is C44H81N3O15P2. The van der Waals surface area contributed by atoms with Gasteiger partial charge in [0, 0.05) is 19.0 Å². The minimum absolute atomic E-state index is 0.0530. The Morgan fingerprint density at radius 2 is 1.16 bits per heavy atom. The lowest BCUT2D eigenvalue weighted by molar-refractivity contribution is -0.161. The molecule has 1 aromatic heterocycles. The maximum atomic E-state index is 12.8. The summed E-state index contributed by atoms with van der Waals surface area (Å²) in [5.74, 6) is 0.192. The number of aromatic nitrogens is 2. The minimum Gasteiger partial charge on any atom is -0.462 e. The van der Waals surface area contributed by atoms with Crippen molar-refractivity contribution in [2.45, 2.75) is 212 Å². The van der Waals surface area contributed by atoms with Crippen LogP contribution in [0.15, 0.2) is 17.1 Å². The highest BCUT2D eigenvalue weighted by Gasteiger charge is 2.46. The summed E-state index contributed by atoms with van der Waals surface area (Å²) < 4.78 is 56.6. The molecule has 3 unspecified atom stereocenters. The van der Waals surface area contributed by atoms with E-state index in [9.17, 15) is 43.5 Å². The van der Waals surface area contributed by atoms with Gasteiger partial charge in [0.2, 0.25) is 0 Å². The number of carbonyl (C=O) groups excluding carboxylic acids is 2. The van der Waals surface area contributed by atoms with Gasteiger partial charge in [0.05, 0.1) is 13.2 Å². The van der Waals surface area contributed by atoms with Crippen LogP contribution >= 0.6 is 15.6 Å². The fourth-order valence-corrected chi connectivity index (χ4v) is 9.44. The van der Waals surface area contributed by atoms with E-state index in [1.165, 1.54) is 89.3 Å². The molecule has 1 fully saturated rings. The van der Waals surface area contributed by atoms with E-state index >= 15 is 0 Å². The van der Waals surface area contributed by atoms with Crippen molar-refractivity contribution in [2.24, 2.45) is 11.8 Å². The SMILES string of the molecule is CC(C)CCCCCCCCCCCCCCCC(=O)OC[C@H](COP(=O)(O)OP(=O)(O)OC[C@H]1O[C@@H](n2ccc(N)nc2=O)C(O)[C@H]1O)OC(=O)CCCCCCCCCC(C)C. The number of rotatable bonds is 38. The maximum Gasteiger partial charge on any atom is 0.481 e. The first kappa shape index (κ1) is 57.9. The maximum absolute atomic E-state index is 12.8. The lowest BCUT2D eigenvalue weighted by Crippen LogP contribution is -2.36. The second kappa shape index (κ2) is 32.5. The number of esters is 2. The molecule has 0 amide bonds. The molecule has 1 saturated heterocycles. The number of ether oxygens (including phenoxy) is 3. The molecule has 372 valence electrons. The number of phosphoric acid groups is 2. The number of nitrogen functional groups attached to an aromatic ring is 1. The Kier molecular flexibility index (Phi) is 29.4. The summed E-state index contributed by atoms with van der Waals surface area (Å²) in [6, 6.07) is 1.25. The monoisotopic (exact) mass is 954 g/mol. The van der Waals surface area contributed by atoms with Crippen LogP contribution in [0.3, 0.4) is 0 Å². The third-order valence-corrected chi connectivity index (χ3v) is 13.6. The summed E-state index contributed by atoms with van der Waals surface area (Å²) in [6.07, 6.45) is 18.1. The summed E-state index contributed by atoms with van der Waals surface area (Å²) in [5, 5.41) is 20.9. The van der Waals surface area contributed by atoms with Crippen molar-refractivity contribution in [3.8, 4) is 0 Å². The molecule has 18 nitrogen and oxygen atoms in total. The topological polar surface area (TPSA) is 265 Å². The third kappa shape index (κ3) is 26.8. The van der Waals surface area contributed by atoms with Crippen molar-refractivity contribution >= 4 is 33.4 Å². The number of anilines is 1. The highest BCUT2D eigenvalue weighted by molar-refractivity contribution is 7.61. The second-order valence-electron chi connectivity index (χ2n) is 17.9. The van der Waals surface area contributed by atoms with Gasteiger partial charge >= 0.3 is 33.3 Å². The Hall–Kier alpha value is -2.24. The summed E-state index contributed by atoms with van der Waals surface area (Å²) in [5.41, 5.74) is 4.58. The van der Waals surface area contributed by atoms with Crippen LogP contribution in [-0.4, -0.2) is 85.7 Å². The van der Waals surface area contributed by atoms with Crippen LogP contribution in [0.5, 0.6) is 0 Å². The van der Waals surface area contributed by atoms with Gasteiger partial charge < -0.3 is 39.9 Å². The van der Waals surface area contributed by atoms with Crippen molar-refractivity contribution in [3.63, 3.8) is 0 Å². The molecule has 0 aromatic carbocycles. The fraction of sp³-hybridized carbons (Fsp3) is 0.864. The Labute approximate surface area is 380 Å². The van der Waals surface area contributed by atoms with E-state index in [4.69, 9.17) is 29.0 Å². The molecule has 7 atom stereocenters. The zero-order valence-electron chi connectivity index (χ0n) is 38.9. The number of carbonyl (C=O) groups is 2. The van der Waals surface area contributed by atoms with Crippen LogP contribution in [0.2, 0.25) is 0 Å². The number of unbranched alkanes of at least 4 members (excludes halogenated alkanes) is 18. The molecule has 0 radical (unpaired) electrons. The van der Waals surface area contributed by atoms with Crippen LogP contribution in [0.1, 0.15) is 188 Å². The van der Waals surface area contributed by atoms with E-state index in [2.05, 4.69) is 37.0 Å². The Balaban J connectivity index is 1.80. The first-order chi connectivity index (χ1) is 30.4. The molecule has 1 aromatic rings. The number of nitrogens with zero attached hydrogens (tertiary/aromatic N) is 2. The predicted molar refractivity (Wildman–Crippen MR) is 243 cm³/mol. The van der Waals surface area contributed by atoms with Crippen LogP contribution in [0.25, 0.3) is 0 Å². The molecule has 64 heavy (non-hydrogen) atoms.